The fraction of sp³-hybridized carbons (Fsp3) is 0.345. The third-order valence-electron chi connectivity index (χ3n) is 7.60. The number of benzene rings is 2. The van der Waals surface area contributed by atoms with E-state index in [1.165, 1.54) is 25.0 Å². The van der Waals surface area contributed by atoms with Gasteiger partial charge in [0.2, 0.25) is 0 Å². The molecule has 1 amide bonds. The summed E-state index contributed by atoms with van der Waals surface area (Å²) >= 11 is 0. The van der Waals surface area contributed by atoms with E-state index in [1.54, 1.807) is 36.1 Å². The SMILES string of the molecule is COc1ccc(-c2nc3c(C(=O)N4CCN([C@@H](CO)c5ccc(F)cc5F)C[C@H]4C)cnn3c(C(F)(F)F)c2C)cc1. The molecular formula is C29H28F5N5O3. The summed E-state index contributed by atoms with van der Waals surface area (Å²) in [4.78, 5) is 21.5. The standard InChI is InChI=1S/C29H28F5N5O3/c1-16-14-37(24(15-40)21-9-6-19(30)12-23(21)31)10-11-38(16)28(41)22-13-35-39-26(29(32,33)34)17(2)25(36-27(22)39)18-4-7-20(42-3)8-5-18/h4-9,12-13,16,24,40H,10-11,14-15H2,1-3H3/t16-,24+/m1/s1. The van der Waals surface area contributed by atoms with Crippen LogP contribution in [0.5, 0.6) is 5.75 Å². The third-order valence-corrected chi connectivity index (χ3v) is 7.60. The maximum Gasteiger partial charge on any atom is 0.433 e. The Morgan fingerprint density at radius 2 is 1.86 bits per heavy atom. The van der Waals surface area contributed by atoms with E-state index in [4.69, 9.17) is 4.74 Å². The second-order valence-electron chi connectivity index (χ2n) is 10.2. The molecule has 3 heterocycles. The lowest BCUT2D eigenvalue weighted by Crippen LogP contribution is -2.55. The number of amides is 1. The zero-order chi connectivity index (χ0) is 30.3. The largest absolute Gasteiger partial charge is 0.497 e. The van der Waals surface area contributed by atoms with Crippen molar-refractivity contribution in [2.24, 2.45) is 0 Å². The first-order valence-electron chi connectivity index (χ1n) is 13.1. The molecule has 13 heteroatoms. The van der Waals surface area contributed by atoms with Gasteiger partial charge in [0.15, 0.2) is 11.3 Å². The van der Waals surface area contributed by atoms with Crippen molar-refractivity contribution in [1.29, 1.82) is 0 Å². The number of nitrogens with zero attached hydrogens (tertiary/aromatic N) is 5. The molecule has 0 saturated carbocycles. The molecule has 0 radical (unpaired) electrons. The molecule has 5 rings (SSSR count). The molecule has 1 saturated heterocycles. The van der Waals surface area contributed by atoms with E-state index in [0.29, 0.717) is 15.8 Å². The predicted molar refractivity (Wildman–Crippen MR) is 143 cm³/mol. The summed E-state index contributed by atoms with van der Waals surface area (Å²) in [7, 11) is 1.47. The minimum absolute atomic E-state index is 0.0528. The molecule has 0 aliphatic carbocycles. The van der Waals surface area contributed by atoms with Gasteiger partial charge < -0.3 is 14.7 Å². The fourth-order valence-electron chi connectivity index (χ4n) is 5.50. The van der Waals surface area contributed by atoms with Crippen LogP contribution in [0.2, 0.25) is 0 Å². The second kappa shape index (κ2) is 11.3. The Kier molecular flexibility index (Phi) is 7.90. The van der Waals surface area contributed by atoms with Gasteiger partial charge in [-0.3, -0.25) is 9.69 Å². The van der Waals surface area contributed by atoms with Crippen LogP contribution < -0.4 is 4.74 Å². The number of piperazine rings is 1. The summed E-state index contributed by atoms with van der Waals surface area (Å²) in [5.41, 5.74) is -0.935. The topological polar surface area (TPSA) is 83.2 Å². The number of aliphatic hydroxyl groups is 1. The average Bonchev–Trinajstić information content (AvgIpc) is 3.36. The lowest BCUT2D eigenvalue weighted by Gasteiger charge is -2.43. The first-order chi connectivity index (χ1) is 19.9. The Hall–Kier alpha value is -4.10. The van der Waals surface area contributed by atoms with Gasteiger partial charge in [-0.1, -0.05) is 6.07 Å². The molecule has 1 aliphatic rings. The van der Waals surface area contributed by atoms with Crippen LogP contribution in [0.4, 0.5) is 22.0 Å². The van der Waals surface area contributed by atoms with Crippen LogP contribution in [0.3, 0.4) is 0 Å². The Labute approximate surface area is 237 Å². The summed E-state index contributed by atoms with van der Waals surface area (Å²) in [5, 5.41) is 13.9. The van der Waals surface area contributed by atoms with Crippen LogP contribution in [0.15, 0.2) is 48.7 Å². The normalized spacial score (nSPS) is 17.1. The van der Waals surface area contributed by atoms with Crippen molar-refractivity contribution in [3.8, 4) is 17.0 Å². The van der Waals surface area contributed by atoms with E-state index in [1.807, 2.05) is 0 Å². The van der Waals surface area contributed by atoms with Gasteiger partial charge in [0.25, 0.3) is 5.91 Å². The molecule has 1 N–H and O–H groups in total. The van der Waals surface area contributed by atoms with Gasteiger partial charge in [0.1, 0.15) is 22.9 Å². The number of aromatic nitrogens is 3. The summed E-state index contributed by atoms with van der Waals surface area (Å²) in [6.45, 7) is 3.21. The van der Waals surface area contributed by atoms with Gasteiger partial charge in [-0.25, -0.2) is 18.3 Å². The fourth-order valence-corrected chi connectivity index (χ4v) is 5.50. The van der Waals surface area contributed by atoms with E-state index >= 15 is 0 Å². The Bertz CT molecular complexity index is 1620. The van der Waals surface area contributed by atoms with Crippen LogP contribution in [0, 0.1) is 18.6 Å². The van der Waals surface area contributed by atoms with Crippen molar-refractivity contribution in [2.45, 2.75) is 32.1 Å². The molecule has 2 aromatic carbocycles. The molecule has 0 spiro atoms. The number of carbonyl (C=O) groups excluding carboxylic acids is 1. The zero-order valence-corrected chi connectivity index (χ0v) is 23.0. The Morgan fingerprint density at radius 1 is 1.14 bits per heavy atom. The highest BCUT2D eigenvalue weighted by atomic mass is 19.4. The average molecular weight is 590 g/mol. The van der Waals surface area contributed by atoms with E-state index in [2.05, 4.69) is 10.1 Å². The predicted octanol–water partition coefficient (Wildman–Crippen LogP) is 4.89. The Balaban J connectivity index is 1.48. The van der Waals surface area contributed by atoms with Crippen LogP contribution in [-0.2, 0) is 6.18 Å². The molecule has 2 aromatic heterocycles. The maximum atomic E-state index is 14.5. The van der Waals surface area contributed by atoms with Gasteiger partial charge in [0, 0.05) is 48.4 Å². The minimum Gasteiger partial charge on any atom is -0.497 e. The molecule has 2 atom stereocenters. The maximum absolute atomic E-state index is 14.5. The lowest BCUT2D eigenvalue weighted by molar-refractivity contribution is -0.143. The highest BCUT2D eigenvalue weighted by molar-refractivity contribution is 6.00. The van der Waals surface area contributed by atoms with Crippen LogP contribution in [-0.4, -0.2) is 74.8 Å². The van der Waals surface area contributed by atoms with Gasteiger partial charge in [-0.2, -0.15) is 18.3 Å². The quantitative estimate of drug-likeness (QED) is 0.323. The number of aliphatic hydroxyl groups excluding tert-OH is 1. The summed E-state index contributed by atoms with van der Waals surface area (Å²) in [6, 6.07) is 8.29. The summed E-state index contributed by atoms with van der Waals surface area (Å²) in [6.07, 6.45) is -3.70. The molecule has 222 valence electrons. The van der Waals surface area contributed by atoms with Gasteiger partial charge in [-0.05, 0) is 44.2 Å². The third kappa shape index (κ3) is 5.29. The zero-order valence-electron chi connectivity index (χ0n) is 23.0. The second-order valence-corrected chi connectivity index (χ2v) is 10.2. The van der Waals surface area contributed by atoms with Crippen molar-refractivity contribution >= 4 is 11.6 Å². The number of carbonyl (C=O) groups is 1. The summed E-state index contributed by atoms with van der Waals surface area (Å²) < 4.78 is 76.6. The first-order valence-corrected chi connectivity index (χ1v) is 13.1. The number of halogens is 5. The van der Waals surface area contributed by atoms with Crippen molar-refractivity contribution < 1.29 is 36.6 Å². The van der Waals surface area contributed by atoms with Gasteiger partial charge >= 0.3 is 6.18 Å². The highest BCUT2D eigenvalue weighted by Crippen LogP contribution is 2.37. The molecule has 42 heavy (non-hydrogen) atoms. The number of hydrogen-bond donors (Lipinski definition) is 1. The van der Waals surface area contributed by atoms with Crippen LogP contribution in [0.25, 0.3) is 16.9 Å². The van der Waals surface area contributed by atoms with Crippen molar-refractivity contribution in [2.75, 3.05) is 33.4 Å². The van der Waals surface area contributed by atoms with Crippen molar-refractivity contribution in [1.82, 2.24) is 24.4 Å². The smallest absolute Gasteiger partial charge is 0.433 e. The molecule has 1 fully saturated rings. The number of methoxy groups -OCH3 is 1. The van der Waals surface area contributed by atoms with Gasteiger partial charge in [0.05, 0.1) is 31.6 Å². The van der Waals surface area contributed by atoms with Crippen LogP contribution >= 0.6 is 0 Å². The number of rotatable bonds is 6. The molecule has 1 aliphatic heterocycles. The first kappa shape index (κ1) is 29.4. The highest BCUT2D eigenvalue weighted by Gasteiger charge is 2.40. The van der Waals surface area contributed by atoms with Crippen LogP contribution in [0.1, 0.15) is 40.1 Å². The van der Waals surface area contributed by atoms with Crippen molar-refractivity contribution in [3.05, 3.63) is 82.7 Å². The monoisotopic (exact) mass is 589 g/mol. The molecule has 0 unspecified atom stereocenters. The molecule has 8 nitrogen and oxygen atoms in total. The van der Waals surface area contributed by atoms with Crippen molar-refractivity contribution in [3.63, 3.8) is 0 Å². The molecular weight excluding hydrogens is 561 g/mol. The Morgan fingerprint density at radius 3 is 2.45 bits per heavy atom. The number of hydrogen-bond acceptors (Lipinski definition) is 6. The molecule has 0 bridgehead atoms. The number of alkyl halides is 3. The van der Waals surface area contributed by atoms with Gasteiger partial charge in [-0.15, -0.1) is 0 Å². The summed E-state index contributed by atoms with van der Waals surface area (Å²) in [5.74, 6) is -1.57. The van der Waals surface area contributed by atoms with E-state index < -0.39 is 48.1 Å². The van der Waals surface area contributed by atoms with E-state index in [9.17, 15) is 31.9 Å². The lowest BCUT2D eigenvalue weighted by atomic mass is 10.0. The van der Waals surface area contributed by atoms with E-state index in [-0.39, 0.29) is 47.7 Å². The minimum atomic E-state index is -4.79. The number of fused-ring (bicyclic) bond motifs is 1. The molecule has 4 aromatic rings. The number of ether oxygens (including phenoxy) is 1. The van der Waals surface area contributed by atoms with E-state index in [0.717, 1.165) is 18.3 Å².